The van der Waals surface area contributed by atoms with Crippen LogP contribution in [-0.2, 0) is 15.4 Å². The van der Waals surface area contributed by atoms with Crippen molar-refractivity contribution in [3.05, 3.63) is 58.6 Å². The molecule has 2 aromatic rings. The molecule has 2 aromatic carbocycles. The van der Waals surface area contributed by atoms with Crippen LogP contribution in [0.1, 0.15) is 36.7 Å². The molecule has 0 aliphatic rings. The molecule has 0 spiro atoms. The number of benzene rings is 2. The number of hydrogen-bond donors (Lipinski definition) is 1. The molecule has 24 heavy (non-hydrogen) atoms. The molecule has 0 unspecified atom stereocenters. The van der Waals surface area contributed by atoms with Gasteiger partial charge < -0.3 is 0 Å². The largest absolute Gasteiger partial charge is 0.279 e. The average molecular weight is 386 g/mol. The molecule has 0 atom stereocenters. The fraction of sp³-hybridized carbons (Fsp3) is 0.235. The Morgan fingerprint density at radius 2 is 1.62 bits per heavy atom. The minimum absolute atomic E-state index is 0.000877. The highest BCUT2D eigenvalue weighted by Crippen LogP contribution is 2.27. The predicted molar refractivity (Wildman–Crippen MR) is 97.6 cm³/mol. The van der Waals surface area contributed by atoms with E-state index >= 15 is 0 Å². The maximum absolute atomic E-state index is 12.5. The number of carbonyl (C=O) groups is 1. The zero-order valence-electron chi connectivity index (χ0n) is 13.4. The highest BCUT2D eigenvalue weighted by Gasteiger charge is 2.20. The molecule has 7 heteroatoms. The van der Waals surface area contributed by atoms with Crippen LogP contribution >= 0.6 is 23.2 Å². The Morgan fingerprint density at radius 3 is 2.12 bits per heavy atom. The highest BCUT2D eigenvalue weighted by molar-refractivity contribution is 7.92. The van der Waals surface area contributed by atoms with Crippen LogP contribution in [0.2, 0.25) is 5.02 Å². The van der Waals surface area contributed by atoms with E-state index in [1.54, 1.807) is 12.1 Å². The van der Waals surface area contributed by atoms with Crippen molar-refractivity contribution in [3.63, 3.8) is 0 Å². The van der Waals surface area contributed by atoms with Crippen molar-refractivity contribution in [3.8, 4) is 0 Å². The van der Waals surface area contributed by atoms with E-state index in [1.807, 2.05) is 20.8 Å². The summed E-state index contributed by atoms with van der Waals surface area (Å²) in [5.41, 5.74) is 1.02. The quantitative estimate of drug-likeness (QED) is 0.767. The van der Waals surface area contributed by atoms with Crippen LogP contribution in [0, 0.1) is 0 Å². The van der Waals surface area contributed by atoms with E-state index in [-0.39, 0.29) is 26.6 Å². The van der Waals surface area contributed by atoms with Crippen LogP contribution in [0.4, 0.5) is 5.69 Å². The van der Waals surface area contributed by atoms with Crippen molar-refractivity contribution >= 4 is 44.2 Å². The van der Waals surface area contributed by atoms with Gasteiger partial charge in [-0.25, -0.2) is 8.42 Å². The second-order valence-electron chi connectivity index (χ2n) is 6.34. The monoisotopic (exact) mass is 385 g/mol. The van der Waals surface area contributed by atoms with Gasteiger partial charge >= 0.3 is 0 Å². The summed E-state index contributed by atoms with van der Waals surface area (Å²) in [6.07, 6.45) is 0. The van der Waals surface area contributed by atoms with Gasteiger partial charge in [0.25, 0.3) is 15.3 Å². The molecule has 0 radical (unpaired) electrons. The first-order valence-electron chi connectivity index (χ1n) is 7.13. The second-order valence-corrected chi connectivity index (χ2v) is 8.81. The van der Waals surface area contributed by atoms with Crippen molar-refractivity contribution < 1.29 is 13.2 Å². The molecule has 0 aliphatic heterocycles. The number of nitrogens with one attached hydrogen (secondary N) is 1. The topological polar surface area (TPSA) is 63.2 Å². The normalized spacial score (nSPS) is 12.0. The fourth-order valence-corrected chi connectivity index (χ4v) is 3.51. The van der Waals surface area contributed by atoms with E-state index in [0.29, 0.717) is 0 Å². The lowest BCUT2D eigenvalue weighted by Gasteiger charge is -2.19. The summed E-state index contributed by atoms with van der Waals surface area (Å²) in [6.45, 7) is 6.13. The van der Waals surface area contributed by atoms with Crippen molar-refractivity contribution in [2.75, 3.05) is 4.72 Å². The van der Waals surface area contributed by atoms with Crippen LogP contribution < -0.4 is 4.72 Å². The molecular weight excluding hydrogens is 369 g/mol. The number of hydrogen-bond acceptors (Lipinski definition) is 3. The predicted octanol–water partition coefficient (Wildman–Crippen LogP) is 4.82. The summed E-state index contributed by atoms with van der Waals surface area (Å²) in [4.78, 5) is 11.6. The Kier molecular flexibility index (Phi) is 5.28. The summed E-state index contributed by atoms with van der Waals surface area (Å²) < 4.78 is 27.4. The van der Waals surface area contributed by atoms with E-state index in [0.717, 1.165) is 5.56 Å². The Morgan fingerprint density at radius 1 is 1.04 bits per heavy atom. The summed E-state index contributed by atoms with van der Waals surface area (Å²) >= 11 is 11.3. The molecule has 0 saturated heterocycles. The van der Waals surface area contributed by atoms with Gasteiger partial charge in [0.05, 0.1) is 16.1 Å². The molecule has 4 nitrogen and oxygen atoms in total. The maximum atomic E-state index is 12.5. The van der Waals surface area contributed by atoms with Gasteiger partial charge in [-0.3, -0.25) is 9.52 Å². The molecule has 0 fully saturated rings. The molecule has 0 saturated carbocycles. The molecule has 2 rings (SSSR count). The van der Waals surface area contributed by atoms with Crippen molar-refractivity contribution in [2.24, 2.45) is 0 Å². The van der Waals surface area contributed by atoms with E-state index in [2.05, 4.69) is 4.72 Å². The number of rotatable bonds is 4. The van der Waals surface area contributed by atoms with Crippen molar-refractivity contribution in [2.45, 2.75) is 31.1 Å². The Balaban J connectivity index is 2.37. The second kappa shape index (κ2) is 6.75. The Hall–Kier alpha value is -1.56. The van der Waals surface area contributed by atoms with Crippen LogP contribution in [0.15, 0.2) is 47.4 Å². The van der Waals surface area contributed by atoms with Crippen LogP contribution in [0.3, 0.4) is 0 Å². The van der Waals surface area contributed by atoms with Crippen LogP contribution in [0.25, 0.3) is 0 Å². The average Bonchev–Trinajstić information content (AvgIpc) is 2.48. The van der Waals surface area contributed by atoms with Gasteiger partial charge in [-0.2, -0.15) is 0 Å². The van der Waals surface area contributed by atoms with Gasteiger partial charge in [-0.05, 0) is 52.9 Å². The molecule has 128 valence electrons. The summed E-state index contributed by atoms with van der Waals surface area (Å²) in [6, 6.07) is 10.8. The fourth-order valence-electron chi connectivity index (χ4n) is 2.11. The van der Waals surface area contributed by atoms with Crippen LogP contribution in [-0.4, -0.2) is 13.7 Å². The first-order valence-corrected chi connectivity index (χ1v) is 9.37. The van der Waals surface area contributed by atoms with Crippen molar-refractivity contribution in [1.29, 1.82) is 0 Å². The standard InChI is InChI=1S/C17H17Cl2NO3S/c1-17(2,3)11-4-7-13(8-5-11)24(22,23)20-15-9-6-12(18)10-14(15)16(19)21/h4-10,20H,1-3H3. The maximum Gasteiger partial charge on any atom is 0.261 e. The van der Waals surface area contributed by atoms with Gasteiger partial charge in [-0.1, -0.05) is 44.5 Å². The van der Waals surface area contributed by atoms with Gasteiger partial charge in [0.2, 0.25) is 0 Å². The summed E-state index contributed by atoms with van der Waals surface area (Å²) in [5, 5.41) is -0.505. The first kappa shape index (κ1) is 18.8. The molecule has 0 amide bonds. The lowest BCUT2D eigenvalue weighted by atomic mass is 9.87. The third-order valence-electron chi connectivity index (χ3n) is 3.47. The number of sulfonamides is 1. The van der Waals surface area contributed by atoms with Gasteiger partial charge in [-0.15, -0.1) is 0 Å². The smallest absolute Gasteiger partial charge is 0.261 e. The molecular formula is C17H17Cl2NO3S. The molecule has 0 bridgehead atoms. The van der Waals surface area contributed by atoms with E-state index < -0.39 is 15.3 Å². The third kappa shape index (κ3) is 4.29. The number of carbonyl (C=O) groups excluding carboxylic acids is 1. The minimum atomic E-state index is -3.85. The van der Waals surface area contributed by atoms with E-state index in [4.69, 9.17) is 23.2 Å². The Labute approximate surface area is 151 Å². The van der Waals surface area contributed by atoms with Gasteiger partial charge in [0, 0.05) is 5.02 Å². The zero-order valence-corrected chi connectivity index (χ0v) is 15.8. The molecule has 1 N–H and O–H groups in total. The van der Waals surface area contributed by atoms with E-state index in [1.165, 1.54) is 30.3 Å². The Bertz CT molecular complexity index is 870. The van der Waals surface area contributed by atoms with Crippen molar-refractivity contribution in [1.82, 2.24) is 0 Å². The molecule has 0 aliphatic carbocycles. The first-order chi connectivity index (χ1) is 11.0. The molecule has 0 heterocycles. The van der Waals surface area contributed by atoms with Gasteiger partial charge in [0.1, 0.15) is 0 Å². The third-order valence-corrected chi connectivity index (χ3v) is 5.29. The van der Waals surface area contributed by atoms with Crippen LogP contribution in [0.5, 0.6) is 0 Å². The highest BCUT2D eigenvalue weighted by atomic mass is 35.5. The lowest BCUT2D eigenvalue weighted by Crippen LogP contribution is -2.16. The summed E-state index contributed by atoms with van der Waals surface area (Å²) in [7, 11) is -3.85. The minimum Gasteiger partial charge on any atom is -0.279 e. The molecule has 0 aromatic heterocycles. The van der Waals surface area contributed by atoms with Gasteiger partial charge in [0.15, 0.2) is 0 Å². The van der Waals surface area contributed by atoms with E-state index in [9.17, 15) is 13.2 Å². The number of halogens is 2. The summed E-state index contributed by atoms with van der Waals surface area (Å²) in [5.74, 6) is 0. The zero-order chi connectivity index (χ0) is 18.1. The number of anilines is 1. The SMILES string of the molecule is CC(C)(C)c1ccc(S(=O)(=O)Nc2ccc(Cl)cc2C(=O)Cl)cc1. The lowest BCUT2D eigenvalue weighted by molar-refractivity contribution is 0.108.